The lowest BCUT2D eigenvalue weighted by Gasteiger charge is -2.40. The molecule has 1 unspecified atom stereocenters. The first-order valence-electron chi connectivity index (χ1n) is 11.6. The molecule has 3 heterocycles. The SMILES string of the molecule is COc1ccc2ncc(Cl)c(C(O)CCC3(C(=O)NO)CCN(CCSc4cccs4)CC3)c2c1. The minimum Gasteiger partial charge on any atom is -0.497 e. The standard InChI is InChI=1S/C25H30ClN3O4S2/c1-33-17-4-5-20-18(15-17)23(19(26)16-27-20)21(30)6-7-25(24(31)28-32)8-10-29(11-9-25)12-14-35-22-3-2-13-34-22/h2-5,13,15-16,21,30,32H,6-12,14H2,1H3,(H,28,31). The van der Waals surface area contributed by atoms with E-state index in [1.165, 1.54) is 10.4 Å². The summed E-state index contributed by atoms with van der Waals surface area (Å²) in [7, 11) is 1.58. The number of ether oxygens (including phenoxy) is 1. The van der Waals surface area contributed by atoms with E-state index in [1.807, 2.05) is 35.4 Å². The van der Waals surface area contributed by atoms with Crippen LogP contribution in [0.2, 0.25) is 5.02 Å². The lowest BCUT2D eigenvalue weighted by atomic mass is 9.73. The lowest BCUT2D eigenvalue weighted by Crippen LogP contribution is -2.48. The first-order chi connectivity index (χ1) is 17.0. The molecule has 3 N–H and O–H groups in total. The molecule has 188 valence electrons. The number of aliphatic hydroxyl groups excluding tert-OH is 1. The van der Waals surface area contributed by atoms with Crippen molar-refractivity contribution in [3.63, 3.8) is 0 Å². The number of carbonyl (C=O) groups excluding carboxylic acids is 1. The minimum atomic E-state index is -0.885. The highest BCUT2D eigenvalue weighted by Gasteiger charge is 2.41. The van der Waals surface area contributed by atoms with Gasteiger partial charge in [0.05, 0.1) is 33.4 Å². The molecule has 1 saturated heterocycles. The number of hydrogen-bond acceptors (Lipinski definition) is 8. The Labute approximate surface area is 218 Å². The maximum atomic E-state index is 12.8. The number of nitrogens with zero attached hydrogens (tertiary/aromatic N) is 2. The molecule has 4 rings (SSSR count). The van der Waals surface area contributed by atoms with Crippen LogP contribution >= 0.6 is 34.7 Å². The van der Waals surface area contributed by atoms with E-state index in [0.29, 0.717) is 47.5 Å². The largest absolute Gasteiger partial charge is 0.497 e. The first kappa shape index (κ1) is 26.2. The van der Waals surface area contributed by atoms with Crippen molar-refractivity contribution in [2.45, 2.75) is 36.0 Å². The number of benzene rings is 1. The summed E-state index contributed by atoms with van der Waals surface area (Å²) in [5.41, 5.74) is 2.43. The molecule has 0 aliphatic carbocycles. The van der Waals surface area contributed by atoms with Crippen molar-refractivity contribution in [1.29, 1.82) is 0 Å². The maximum Gasteiger partial charge on any atom is 0.249 e. The van der Waals surface area contributed by atoms with Crippen LogP contribution in [-0.4, -0.2) is 58.6 Å². The average molecular weight is 536 g/mol. The number of pyridine rings is 1. The smallest absolute Gasteiger partial charge is 0.249 e. The number of rotatable bonds is 10. The van der Waals surface area contributed by atoms with Crippen LogP contribution in [0.4, 0.5) is 0 Å². The molecule has 10 heteroatoms. The molecular formula is C25H30ClN3O4S2. The zero-order valence-electron chi connectivity index (χ0n) is 19.6. The molecular weight excluding hydrogens is 506 g/mol. The second kappa shape index (κ2) is 11.9. The summed E-state index contributed by atoms with van der Waals surface area (Å²) in [6.45, 7) is 2.48. The molecule has 1 aliphatic rings. The first-order valence-corrected chi connectivity index (χ1v) is 13.8. The van der Waals surface area contributed by atoms with Crippen LogP contribution < -0.4 is 10.2 Å². The van der Waals surface area contributed by atoms with Crippen LogP contribution in [0.5, 0.6) is 5.75 Å². The van der Waals surface area contributed by atoms with Gasteiger partial charge >= 0.3 is 0 Å². The van der Waals surface area contributed by atoms with Crippen molar-refractivity contribution in [3.8, 4) is 5.75 Å². The number of aromatic nitrogens is 1. The molecule has 1 aromatic carbocycles. The fraction of sp³-hybridized carbons (Fsp3) is 0.440. The average Bonchev–Trinajstić information content (AvgIpc) is 3.40. The number of fused-ring (bicyclic) bond motifs is 1. The van der Waals surface area contributed by atoms with Gasteiger partial charge in [-0.15, -0.1) is 23.1 Å². The van der Waals surface area contributed by atoms with E-state index < -0.39 is 11.5 Å². The number of aliphatic hydroxyl groups is 1. The molecule has 1 atom stereocenters. The molecule has 7 nitrogen and oxygen atoms in total. The van der Waals surface area contributed by atoms with E-state index in [2.05, 4.69) is 27.4 Å². The van der Waals surface area contributed by atoms with Crippen molar-refractivity contribution in [2.24, 2.45) is 5.41 Å². The predicted molar refractivity (Wildman–Crippen MR) is 141 cm³/mol. The van der Waals surface area contributed by atoms with E-state index in [1.54, 1.807) is 18.4 Å². The van der Waals surface area contributed by atoms with Crippen molar-refractivity contribution in [3.05, 3.63) is 52.5 Å². The molecule has 0 spiro atoms. The van der Waals surface area contributed by atoms with Crippen LogP contribution in [0.1, 0.15) is 37.4 Å². The van der Waals surface area contributed by atoms with Gasteiger partial charge in [0, 0.05) is 29.4 Å². The summed E-state index contributed by atoms with van der Waals surface area (Å²) in [6, 6.07) is 9.64. The number of thioether (sulfide) groups is 1. The van der Waals surface area contributed by atoms with E-state index in [0.717, 1.165) is 30.8 Å². The molecule has 1 amide bonds. The summed E-state index contributed by atoms with van der Waals surface area (Å²) in [4.78, 5) is 19.5. The van der Waals surface area contributed by atoms with E-state index in [4.69, 9.17) is 16.3 Å². The molecule has 0 bridgehead atoms. The second-order valence-electron chi connectivity index (χ2n) is 8.80. The molecule has 3 aromatic rings. The Morgan fingerprint density at radius 3 is 2.86 bits per heavy atom. The zero-order chi connectivity index (χ0) is 24.8. The molecule has 1 aliphatic heterocycles. The number of methoxy groups -OCH3 is 1. The van der Waals surface area contributed by atoms with Gasteiger partial charge < -0.3 is 14.7 Å². The van der Waals surface area contributed by atoms with Gasteiger partial charge in [0.1, 0.15) is 5.75 Å². The maximum absolute atomic E-state index is 12.8. The fourth-order valence-corrected chi connectivity index (χ4v) is 6.86. The predicted octanol–water partition coefficient (Wildman–Crippen LogP) is 5.15. The number of hydrogen-bond donors (Lipinski definition) is 3. The van der Waals surface area contributed by atoms with Gasteiger partial charge in [0.2, 0.25) is 5.91 Å². The van der Waals surface area contributed by atoms with Gasteiger partial charge in [-0.3, -0.25) is 15.0 Å². The number of carbonyl (C=O) groups is 1. The number of thiophene rings is 1. The molecule has 1 fully saturated rings. The fourth-order valence-electron chi connectivity index (χ4n) is 4.73. The van der Waals surface area contributed by atoms with Gasteiger partial charge in [-0.05, 0) is 68.4 Å². The quantitative estimate of drug-likeness (QED) is 0.188. The van der Waals surface area contributed by atoms with Gasteiger partial charge in [-0.1, -0.05) is 17.7 Å². The molecule has 35 heavy (non-hydrogen) atoms. The highest BCUT2D eigenvalue weighted by Crippen LogP contribution is 2.41. The Bertz CT molecular complexity index is 1140. The summed E-state index contributed by atoms with van der Waals surface area (Å²) >= 11 is 10.0. The Hall–Kier alpha value is -1.88. The van der Waals surface area contributed by atoms with Gasteiger partial charge in [-0.2, -0.15) is 0 Å². The summed E-state index contributed by atoms with van der Waals surface area (Å²) in [6.07, 6.45) is 2.66. The number of likely N-dealkylation sites (tertiary alicyclic amines) is 1. The van der Waals surface area contributed by atoms with Gasteiger partial charge in [-0.25, -0.2) is 5.48 Å². The highest BCUT2D eigenvalue weighted by atomic mass is 35.5. The summed E-state index contributed by atoms with van der Waals surface area (Å²) in [5, 5.41) is 23.8. The number of piperidine rings is 1. The van der Waals surface area contributed by atoms with Crippen molar-refractivity contribution >= 4 is 51.5 Å². The Kier molecular flexibility index (Phi) is 8.91. The van der Waals surface area contributed by atoms with Crippen LogP contribution in [0.15, 0.2) is 46.1 Å². The van der Waals surface area contributed by atoms with Crippen LogP contribution in [-0.2, 0) is 4.79 Å². The Morgan fingerprint density at radius 2 is 2.17 bits per heavy atom. The minimum absolute atomic E-state index is 0.331. The normalized spacial score (nSPS) is 16.8. The third kappa shape index (κ3) is 6.10. The monoisotopic (exact) mass is 535 g/mol. The third-order valence-corrected chi connectivity index (χ3v) is 9.25. The van der Waals surface area contributed by atoms with Crippen molar-refractivity contribution in [2.75, 3.05) is 32.5 Å². The number of nitrogens with one attached hydrogen (secondary N) is 1. The molecule has 0 saturated carbocycles. The molecule has 0 radical (unpaired) electrons. The lowest BCUT2D eigenvalue weighted by molar-refractivity contribution is -0.143. The number of halogens is 1. The van der Waals surface area contributed by atoms with Crippen molar-refractivity contribution in [1.82, 2.24) is 15.4 Å². The van der Waals surface area contributed by atoms with E-state index in [-0.39, 0.29) is 5.91 Å². The van der Waals surface area contributed by atoms with Crippen LogP contribution in [0.3, 0.4) is 0 Å². The van der Waals surface area contributed by atoms with Gasteiger partial charge in [0.15, 0.2) is 0 Å². The third-order valence-electron chi connectivity index (χ3n) is 6.84. The van der Waals surface area contributed by atoms with Gasteiger partial charge in [0.25, 0.3) is 0 Å². The number of hydroxylamine groups is 1. The van der Waals surface area contributed by atoms with Crippen LogP contribution in [0.25, 0.3) is 10.9 Å². The zero-order valence-corrected chi connectivity index (χ0v) is 22.0. The van der Waals surface area contributed by atoms with E-state index in [9.17, 15) is 15.1 Å². The van der Waals surface area contributed by atoms with Crippen molar-refractivity contribution < 1.29 is 19.8 Å². The highest BCUT2D eigenvalue weighted by molar-refractivity contribution is 8.01. The Balaban J connectivity index is 1.42. The number of amides is 1. The second-order valence-corrected chi connectivity index (χ2v) is 11.6. The summed E-state index contributed by atoms with van der Waals surface area (Å²) in [5.74, 6) is 1.26. The molecule has 2 aromatic heterocycles. The topological polar surface area (TPSA) is 94.9 Å². The van der Waals surface area contributed by atoms with E-state index >= 15 is 0 Å². The van der Waals surface area contributed by atoms with Crippen LogP contribution in [0, 0.1) is 5.41 Å². The summed E-state index contributed by atoms with van der Waals surface area (Å²) < 4.78 is 6.64. The Morgan fingerprint density at radius 1 is 1.37 bits per heavy atom.